The molecule has 0 radical (unpaired) electrons. The molecule has 1 atom stereocenters. The summed E-state index contributed by atoms with van der Waals surface area (Å²) in [4.78, 5) is 28.4. The Labute approximate surface area is 205 Å². The molecule has 0 spiro atoms. The van der Waals surface area contributed by atoms with Gasteiger partial charge in [-0.3, -0.25) is 9.59 Å². The molecule has 178 valence electrons. The van der Waals surface area contributed by atoms with Crippen LogP contribution in [0.1, 0.15) is 29.2 Å². The molecule has 0 unspecified atom stereocenters. The Morgan fingerprint density at radius 3 is 2.29 bits per heavy atom. The normalized spacial score (nSPS) is 11.6. The summed E-state index contributed by atoms with van der Waals surface area (Å²) < 4.78 is 13.2. The number of likely N-dealkylation sites (N-methyl/N-ethyl adjacent to an activating group) is 1. The Morgan fingerprint density at radius 1 is 0.941 bits per heavy atom. The zero-order chi connectivity index (χ0) is 24.3. The van der Waals surface area contributed by atoms with Crippen molar-refractivity contribution >= 4 is 23.6 Å². The van der Waals surface area contributed by atoms with E-state index in [4.69, 9.17) is 0 Å². The molecule has 0 bridgehead atoms. The van der Waals surface area contributed by atoms with Crippen LogP contribution in [0.5, 0.6) is 0 Å². The summed E-state index contributed by atoms with van der Waals surface area (Å²) in [6.07, 6.45) is 0.437. The van der Waals surface area contributed by atoms with E-state index >= 15 is 0 Å². The number of thioether (sulfide) groups is 1. The molecule has 0 aliphatic rings. The van der Waals surface area contributed by atoms with Crippen LogP contribution in [0, 0.1) is 12.7 Å². The maximum absolute atomic E-state index is 13.5. The lowest BCUT2D eigenvalue weighted by Gasteiger charge is -2.32. The van der Waals surface area contributed by atoms with Crippen LogP contribution in [0.4, 0.5) is 4.39 Å². The van der Waals surface area contributed by atoms with E-state index < -0.39 is 6.04 Å². The lowest BCUT2D eigenvalue weighted by Crippen LogP contribution is -2.51. The summed E-state index contributed by atoms with van der Waals surface area (Å²) >= 11 is 1.47. The molecule has 0 saturated carbocycles. The Balaban J connectivity index is 1.82. The van der Waals surface area contributed by atoms with Gasteiger partial charge in [-0.25, -0.2) is 4.39 Å². The first-order valence-electron chi connectivity index (χ1n) is 11.5. The van der Waals surface area contributed by atoms with Gasteiger partial charge in [0.2, 0.25) is 11.8 Å². The SMILES string of the molecule is CCNC(=O)[C@H](Cc1ccccc1)N(Cc1ccccc1C)C(=O)CSCc1ccc(F)cc1. The third-order valence-corrected chi connectivity index (χ3v) is 6.62. The average molecular weight is 479 g/mol. The minimum Gasteiger partial charge on any atom is -0.355 e. The van der Waals surface area contributed by atoms with Gasteiger partial charge >= 0.3 is 0 Å². The van der Waals surface area contributed by atoms with Crippen LogP contribution in [-0.4, -0.2) is 35.1 Å². The van der Waals surface area contributed by atoms with Gasteiger partial charge in [0.15, 0.2) is 0 Å². The average Bonchev–Trinajstić information content (AvgIpc) is 2.84. The number of amides is 2. The highest BCUT2D eigenvalue weighted by atomic mass is 32.2. The van der Waals surface area contributed by atoms with Crippen molar-refractivity contribution in [3.63, 3.8) is 0 Å². The molecule has 3 aromatic carbocycles. The van der Waals surface area contributed by atoms with E-state index in [0.717, 1.165) is 22.3 Å². The summed E-state index contributed by atoms with van der Waals surface area (Å²) in [5, 5.41) is 2.91. The zero-order valence-corrected chi connectivity index (χ0v) is 20.5. The second-order valence-electron chi connectivity index (χ2n) is 8.17. The van der Waals surface area contributed by atoms with E-state index in [0.29, 0.717) is 25.3 Å². The maximum Gasteiger partial charge on any atom is 0.243 e. The number of carbonyl (C=O) groups is 2. The molecule has 0 heterocycles. The minimum atomic E-state index is -0.624. The summed E-state index contributed by atoms with van der Waals surface area (Å²) in [6.45, 7) is 4.75. The fourth-order valence-electron chi connectivity index (χ4n) is 3.74. The molecule has 0 aliphatic heterocycles. The fourth-order valence-corrected chi connectivity index (χ4v) is 4.61. The van der Waals surface area contributed by atoms with E-state index in [1.807, 2.05) is 68.4 Å². The van der Waals surface area contributed by atoms with Gasteiger partial charge in [0, 0.05) is 25.3 Å². The van der Waals surface area contributed by atoms with Crippen LogP contribution >= 0.6 is 11.8 Å². The number of carbonyl (C=O) groups excluding carboxylic acids is 2. The van der Waals surface area contributed by atoms with E-state index in [2.05, 4.69) is 5.32 Å². The van der Waals surface area contributed by atoms with Gasteiger partial charge in [-0.05, 0) is 48.2 Å². The Morgan fingerprint density at radius 2 is 1.62 bits per heavy atom. The maximum atomic E-state index is 13.5. The third-order valence-electron chi connectivity index (χ3n) is 5.63. The van der Waals surface area contributed by atoms with Gasteiger partial charge in [-0.2, -0.15) is 0 Å². The predicted molar refractivity (Wildman–Crippen MR) is 137 cm³/mol. The van der Waals surface area contributed by atoms with E-state index in [9.17, 15) is 14.0 Å². The van der Waals surface area contributed by atoms with Gasteiger partial charge in [-0.1, -0.05) is 66.7 Å². The van der Waals surface area contributed by atoms with Crippen molar-refractivity contribution in [3.05, 3.63) is 107 Å². The number of nitrogens with zero attached hydrogens (tertiary/aromatic N) is 1. The molecule has 6 heteroatoms. The number of aryl methyl sites for hydroxylation is 1. The van der Waals surface area contributed by atoms with Crippen LogP contribution in [0.2, 0.25) is 0 Å². The van der Waals surface area contributed by atoms with Crippen LogP contribution < -0.4 is 5.32 Å². The minimum absolute atomic E-state index is 0.0949. The fraction of sp³-hybridized carbons (Fsp3) is 0.286. The summed E-state index contributed by atoms with van der Waals surface area (Å²) in [5.74, 6) is 0.294. The molecule has 3 rings (SSSR count). The molecule has 2 amide bonds. The van der Waals surface area contributed by atoms with Crippen molar-refractivity contribution in [1.29, 1.82) is 0 Å². The second kappa shape index (κ2) is 12.9. The Kier molecular flexibility index (Phi) is 9.71. The third kappa shape index (κ3) is 7.45. The Hall–Kier alpha value is -3.12. The summed E-state index contributed by atoms with van der Waals surface area (Å²) in [5.41, 5.74) is 4.05. The largest absolute Gasteiger partial charge is 0.355 e. The van der Waals surface area contributed by atoms with Gasteiger partial charge in [0.25, 0.3) is 0 Å². The number of hydrogen-bond donors (Lipinski definition) is 1. The lowest BCUT2D eigenvalue weighted by atomic mass is 10.0. The van der Waals surface area contributed by atoms with Crippen molar-refractivity contribution in [2.24, 2.45) is 0 Å². The summed E-state index contributed by atoms with van der Waals surface area (Å²) in [7, 11) is 0. The topological polar surface area (TPSA) is 49.4 Å². The highest BCUT2D eigenvalue weighted by molar-refractivity contribution is 7.99. The first-order chi connectivity index (χ1) is 16.5. The van der Waals surface area contributed by atoms with Gasteiger partial charge in [0.1, 0.15) is 11.9 Å². The molecular formula is C28H31FN2O2S. The monoisotopic (exact) mass is 478 g/mol. The van der Waals surface area contributed by atoms with Crippen molar-refractivity contribution < 1.29 is 14.0 Å². The highest BCUT2D eigenvalue weighted by Gasteiger charge is 2.30. The molecule has 4 nitrogen and oxygen atoms in total. The first-order valence-corrected chi connectivity index (χ1v) is 12.6. The molecular weight excluding hydrogens is 447 g/mol. The quantitative estimate of drug-likeness (QED) is 0.415. The van der Waals surface area contributed by atoms with Crippen molar-refractivity contribution in [1.82, 2.24) is 10.2 Å². The standard InChI is InChI=1S/C28H31FN2O2S/c1-3-30-28(33)26(17-22-10-5-4-6-11-22)31(18-24-12-8-7-9-21(24)2)27(32)20-34-19-23-13-15-25(29)16-14-23/h4-16,26H,3,17-20H2,1-2H3,(H,30,33)/t26-/m0/s1. The van der Waals surface area contributed by atoms with E-state index in [1.54, 1.807) is 17.0 Å². The van der Waals surface area contributed by atoms with Crippen LogP contribution in [0.15, 0.2) is 78.9 Å². The zero-order valence-electron chi connectivity index (χ0n) is 19.7. The van der Waals surface area contributed by atoms with Gasteiger partial charge < -0.3 is 10.2 Å². The Bertz CT molecular complexity index is 1070. The number of halogens is 1. The number of nitrogens with one attached hydrogen (secondary N) is 1. The predicted octanol–water partition coefficient (Wildman–Crippen LogP) is 5.14. The highest BCUT2D eigenvalue weighted by Crippen LogP contribution is 2.20. The van der Waals surface area contributed by atoms with Gasteiger partial charge in [0.05, 0.1) is 5.75 Å². The van der Waals surface area contributed by atoms with Gasteiger partial charge in [-0.15, -0.1) is 11.8 Å². The second-order valence-corrected chi connectivity index (χ2v) is 9.15. The van der Waals surface area contributed by atoms with Crippen molar-refractivity contribution in [2.75, 3.05) is 12.3 Å². The number of benzene rings is 3. The van der Waals surface area contributed by atoms with Crippen LogP contribution in [0.25, 0.3) is 0 Å². The number of rotatable bonds is 11. The summed E-state index contributed by atoms with van der Waals surface area (Å²) in [6, 6.07) is 23.4. The lowest BCUT2D eigenvalue weighted by molar-refractivity contribution is -0.139. The van der Waals surface area contributed by atoms with Crippen LogP contribution in [-0.2, 0) is 28.3 Å². The molecule has 0 fully saturated rings. The first kappa shape index (κ1) is 25.5. The molecule has 0 aromatic heterocycles. The van der Waals surface area contributed by atoms with Crippen molar-refractivity contribution in [3.8, 4) is 0 Å². The molecule has 34 heavy (non-hydrogen) atoms. The molecule has 0 aliphatic carbocycles. The molecule has 0 saturated heterocycles. The van der Waals surface area contributed by atoms with Crippen molar-refractivity contribution in [2.45, 2.75) is 38.6 Å². The van der Waals surface area contributed by atoms with Crippen LogP contribution in [0.3, 0.4) is 0 Å². The molecule has 3 aromatic rings. The number of hydrogen-bond acceptors (Lipinski definition) is 3. The molecule has 1 N–H and O–H groups in total. The van der Waals surface area contributed by atoms with E-state index in [1.165, 1.54) is 23.9 Å². The smallest absolute Gasteiger partial charge is 0.243 e. The van der Waals surface area contributed by atoms with E-state index in [-0.39, 0.29) is 23.4 Å².